The van der Waals surface area contributed by atoms with E-state index in [1.54, 1.807) is 24.1 Å². The number of aromatic nitrogens is 3. The Labute approximate surface area is 148 Å². The molecular weight excluding hydrogens is 344 g/mol. The lowest BCUT2D eigenvalue weighted by Crippen LogP contribution is -2.33. The van der Waals surface area contributed by atoms with Gasteiger partial charge in [-0.1, -0.05) is 11.3 Å². The molecule has 1 aliphatic carbocycles. The quantitative estimate of drug-likeness (QED) is 0.757. The summed E-state index contributed by atoms with van der Waals surface area (Å²) < 4.78 is 1.44. The minimum Gasteiger partial charge on any atom is -0.481 e. The molecular formula is C16H18N4O4S. The van der Waals surface area contributed by atoms with Gasteiger partial charge in [0.2, 0.25) is 0 Å². The van der Waals surface area contributed by atoms with Crippen LogP contribution in [-0.2, 0) is 11.3 Å². The lowest BCUT2D eigenvalue weighted by atomic mass is 10.3. The van der Waals surface area contributed by atoms with E-state index in [1.807, 2.05) is 0 Å². The summed E-state index contributed by atoms with van der Waals surface area (Å²) in [5.41, 5.74) is 0.868. The molecule has 132 valence electrons. The molecule has 0 saturated heterocycles. The number of carbonyl (C=O) groups excluding carboxylic acids is 2. The van der Waals surface area contributed by atoms with Crippen LogP contribution in [0.2, 0.25) is 0 Å². The Morgan fingerprint density at radius 1 is 1.40 bits per heavy atom. The average Bonchev–Trinajstić information content (AvgIpc) is 3.12. The largest absolute Gasteiger partial charge is 0.481 e. The van der Waals surface area contributed by atoms with Gasteiger partial charge in [-0.15, -0.1) is 0 Å². The Bertz CT molecular complexity index is 837. The molecule has 1 aliphatic rings. The zero-order valence-corrected chi connectivity index (χ0v) is 14.7. The topological polar surface area (TPSA) is 105 Å². The first-order valence-electron chi connectivity index (χ1n) is 7.94. The zero-order valence-electron chi connectivity index (χ0n) is 13.9. The molecule has 0 aromatic carbocycles. The van der Waals surface area contributed by atoms with E-state index in [-0.39, 0.29) is 36.4 Å². The number of carbonyl (C=O) groups is 3. The number of hydrogen-bond acceptors (Lipinski definition) is 6. The first-order valence-corrected chi connectivity index (χ1v) is 8.75. The smallest absolute Gasteiger partial charge is 0.305 e. The van der Waals surface area contributed by atoms with Gasteiger partial charge < -0.3 is 5.11 Å². The molecule has 2 aromatic rings. The third-order valence-corrected chi connectivity index (χ3v) is 5.11. The van der Waals surface area contributed by atoms with Crippen LogP contribution in [0, 0.1) is 6.92 Å². The Morgan fingerprint density at radius 2 is 2.12 bits per heavy atom. The zero-order chi connectivity index (χ0) is 18.1. The summed E-state index contributed by atoms with van der Waals surface area (Å²) in [6, 6.07) is 1.65. The minimum atomic E-state index is -0.919. The Balaban J connectivity index is 1.84. The van der Waals surface area contributed by atoms with E-state index >= 15 is 0 Å². The van der Waals surface area contributed by atoms with Gasteiger partial charge in [-0.2, -0.15) is 5.10 Å². The molecule has 1 fully saturated rings. The van der Waals surface area contributed by atoms with Gasteiger partial charge in [0, 0.05) is 19.2 Å². The second kappa shape index (κ2) is 6.75. The number of Topliss-reactive ketones (excluding diaryl/α,β-unsaturated/α-hetero) is 1. The highest BCUT2D eigenvalue weighted by Gasteiger charge is 2.37. The van der Waals surface area contributed by atoms with Crippen molar-refractivity contribution in [3.8, 4) is 0 Å². The number of aliphatic carboxylic acids is 1. The van der Waals surface area contributed by atoms with E-state index in [0.717, 1.165) is 12.8 Å². The van der Waals surface area contributed by atoms with Gasteiger partial charge in [0.05, 0.1) is 23.5 Å². The maximum Gasteiger partial charge on any atom is 0.305 e. The van der Waals surface area contributed by atoms with Crippen molar-refractivity contribution in [3.63, 3.8) is 0 Å². The molecule has 1 amide bonds. The normalized spacial score (nSPS) is 13.7. The highest BCUT2D eigenvalue weighted by atomic mass is 32.1. The van der Waals surface area contributed by atoms with E-state index < -0.39 is 5.97 Å². The van der Waals surface area contributed by atoms with Crippen molar-refractivity contribution >= 4 is 34.1 Å². The molecule has 1 N–H and O–H groups in total. The minimum absolute atomic E-state index is 0.0602. The number of rotatable bonds is 7. The number of thiazole rings is 1. The molecule has 25 heavy (non-hydrogen) atoms. The molecule has 2 heterocycles. The lowest BCUT2D eigenvalue weighted by Gasteiger charge is -2.17. The first-order chi connectivity index (χ1) is 11.9. The number of hydrogen-bond donors (Lipinski definition) is 1. The Morgan fingerprint density at radius 3 is 2.68 bits per heavy atom. The van der Waals surface area contributed by atoms with Crippen molar-refractivity contribution in [1.29, 1.82) is 0 Å². The Kier molecular flexibility index (Phi) is 4.67. The fraction of sp³-hybridized carbons (Fsp3) is 0.438. The van der Waals surface area contributed by atoms with Gasteiger partial charge in [-0.25, -0.2) is 4.98 Å². The van der Waals surface area contributed by atoms with Crippen LogP contribution in [0.3, 0.4) is 0 Å². The number of aryl methyl sites for hydroxylation is 2. The third kappa shape index (κ3) is 3.76. The molecule has 0 radical (unpaired) electrons. The van der Waals surface area contributed by atoms with E-state index in [1.165, 1.54) is 22.9 Å². The summed E-state index contributed by atoms with van der Waals surface area (Å²) in [5.74, 6) is -1.26. The summed E-state index contributed by atoms with van der Waals surface area (Å²) >= 11 is 1.22. The number of anilines is 1. The standard InChI is InChI=1S/C16H18N4O4S/c1-9-14(10(2)21)25-16(17-9)20(11-3-4-11)15(24)12-5-7-19(18-12)8-6-13(22)23/h5,7,11H,3-4,6,8H2,1-2H3,(H,22,23). The lowest BCUT2D eigenvalue weighted by molar-refractivity contribution is -0.137. The molecule has 1 saturated carbocycles. The highest BCUT2D eigenvalue weighted by molar-refractivity contribution is 7.17. The molecule has 0 spiro atoms. The van der Waals surface area contributed by atoms with Crippen LogP contribution in [-0.4, -0.2) is 43.6 Å². The molecule has 0 unspecified atom stereocenters. The van der Waals surface area contributed by atoms with Crippen molar-refractivity contribution in [1.82, 2.24) is 14.8 Å². The maximum atomic E-state index is 12.9. The van der Waals surface area contributed by atoms with Gasteiger partial charge >= 0.3 is 5.97 Å². The van der Waals surface area contributed by atoms with E-state index in [0.29, 0.717) is 15.7 Å². The summed E-state index contributed by atoms with van der Waals surface area (Å²) in [5, 5.41) is 13.4. The maximum absolute atomic E-state index is 12.9. The van der Waals surface area contributed by atoms with Crippen LogP contribution < -0.4 is 4.90 Å². The fourth-order valence-corrected chi connectivity index (χ4v) is 3.52. The van der Waals surface area contributed by atoms with Crippen LogP contribution in [0.4, 0.5) is 5.13 Å². The van der Waals surface area contributed by atoms with Crippen molar-refractivity contribution < 1.29 is 19.5 Å². The van der Waals surface area contributed by atoms with Crippen LogP contribution in [0.1, 0.15) is 52.0 Å². The molecule has 0 bridgehead atoms. The van der Waals surface area contributed by atoms with E-state index in [2.05, 4.69) is 10.1 Å². The van der Waals surface area contributed by atoms with E-state index in [4.69, 9.17) is 5.11 Å². The van der Waals surface area contributed by atoms with Crippen LogP contribution in [0.25, 0.3) is 0 Å². The van der Waals surface area contributed by atoms with Gasteiger partial charge in [0.1, 0.15) is 0 Å². The Hall–Kier alpha value is -2.55. The predicted molar refractivity (Wildman–Crippen MR) is 91.2 cm³/mol. The number of amides is 1. The summed E-state index contributed by atoms with van der Waals surface area (Å²) in [6.45, 7) is 3.45. The molecule has 9 heteroatoms. The van der Waals surface area contributed by atoms with Gasteiger partial charge in [0.15, 0.2) is 16.6 Å². The second-order valence-electron chi connectivity index (χ2n) is 5.98. The third-order valence-electron chi connectivity index (χ3n) is 3.86. The molecule has 3 rings (SSSR count). The monoisotopic (exact) mass is 362 g/mol. The SMILES string of the molecule is CC(=O)c1sc(N(C(=O)c2ccn(CCC(=O)O)n2)C2CC2)nc1C. The number of nitrogens with zero attached hydrogens (tertiary/aromatic N) is 4. The van der Waals surface area contributed by atoms with E-state index in [9.17, 15) is 14.4 Å². The molecule has 2 aromatic heterocycles. The second-order valence-corrected chi connectivity index (χ2v) is 6.96. The number of carboxylic acid groups (broad SMARTS) is 1. The van der Waals surface area contributed by atoms with Gasteiger partial charge in [-0.05, 0) is 25.8 Å². The molecule has 0 aliphatic heterocycles. The van der Waals surface area contributed by atoms with Crippen molar-refractivity contribution in [2.45, 2.75) is 45.7 Å². The van der Waals surface area contributed by atoms with Crippen molar-refractivity contribution in [3.05, 3.63) is 28.5 Å². The first kappa shape index (κ1) is 17.3. The summed E-state index contributed by atoms with van der Waals surface area (Å²) in [4.78, 5) is 41.7. The van der Waals surface area contributed by atoms with Gasteiger partial charge in [0.25, 0.3) is 5.91 Å². The fourth-order valence-electron chi connectivity index (χ4n) is 2.49. The average molecular weight is 362 g/mol. The summed E-state index contributed by atoms with van der Waals surface area (Å²) in [6.07, 6.45) is 3.31. The summed E-state index contributed by atoms with van der Waals surface area (Å²) in [7, 11) is 0. The number of carboxylic acids is 1. The predicted octanol–water partition coefficient (Wildman–Crippen LogP) is 2.13. The van der Waals surface area contributed by atoms with Crippen molar-refractivity contribution in [2.75, 3.05) is 4.90 Å². The van der Waals surface area contributed by atoms with Crippen LogP contribution in [0.15, 0.2) is 12.3 Å². The molecule has 0 atom stereocenters. The van der Waals surface area contributed by atoms with Gasteiger partial charge in [-0.3, -0.25) is 24.0 Å². The highest BCUT2D eigenvalue weighted by Crippen LogP contribution is 2.36. The van der Waals surface area contributed by atoms with Crippen LogP contribution in [0.5, 0.6) is 0 Å². The number of ketones is 1. The van der Waals surface area contributed by atoms with Crippen LogP contribution >= 0.6 is 11.3 Å². The van der Waals surface area contributed by atoms with Crippen molar-refractivity contribution in [2.24, 2.45) is 0 Å². The molecule has 8 nitrogen and oxygen atoms in total.